The largest absolute Gasteiger partial charge is 0.505 e. The molecule has 1 fully saturated rings. The molecule has 0 radical (unpaired) electrons. The minimum Gasteiger partial charge on any atom is -0.505 e. The van der Waals surface area contributed by atoms with Crippen molar-refractivity contribution in [3.05, 3.63) is 70.7 Å². The van der Waals surface area contributed by atoms with E-state index in [1.54, 1.807) is 18.2 Å². The fraction of sp³-hybridized carbons (Fsp3) is 0.261. The molecule has 1 atom stereocenters. The number of amides is 1. The molecule has 4 rings (SSSR count). The molecule has 1 aliphatic heterocycles. The predicted molar refractivity (Wildman–Crippen MR) is 122 cm³/mol. The molecule has 178 valence electrons. The molecule has 1 amide bonds. The minimum atomic E-state index is -2.12. The lowest BCUT2D eigenvalue weighted by molar-refractivity contribution is 0.0597. The van der Waals surface area contributed by atoms with Crippen molar-refractivity contribution in [1.82, 2.24) is 14.2 Å². The summed E-state index contributed by atoms with van der Waals surface area (Å²) in [5.41, 5.74) is 1.59. The summed E-state index contributed by atoms with van der Waals surface area (Å²) in [6.45, 7) is 0.846. The topological polar surface area (TPSA) is 120 Å². The maximum Gasteiger partial charge on any atom is 0.341 e. The molecule has 1 unspecified atom stereocenters. The number of ether oxygens (including phenoxy) is 1. The van der Waals surface area contributed by atoms with Gasteiger partial charge in [0.05, 0.1) is 12.7 Å². The number of piperazine rings is 1. The first-order valence-corrected chi connectivity index (χ1v) is 11.5. The van der Waals surface area contributed by atoms with Gasteiger partial charge in [-0.3, -0.25) is 14.3 Å². The molecule has 0 aliphatic carbocycles. The normalized spacial score (nSPS) is 15.3. The Morgan fingerprint density at radius 1 is 1.09 bits per heavy atom. The number of methoxy groups -OCH3 is 1. The van der Waals surface area contributed by atoms with E-state index < -0.39 is 28.9 Å². The lowest BCUT2D eigenvalue weighted by Gasteiger charge is -2.32. The molecule has 3 aromatic rings. The number of benzene rings is 2. The maximum absolute atomic E-state index is 13.4. The highest BCUT2D eigenvalue weighted by Crippen LogP contribution is 2.33. The summed E-state index contributed by atoms with van der Waals surface area (Å²) in [4.78, 5) is 31.5. The van der Waals surface area contributed by atoms with Crippen molar-refractivity contribution in [3.8, 4) is 5.75 Å². The lowest BCUT2D eigenvalue weighted by Crippen LogP contribution is -2.49. The van der Waals surface area contributed by atoms with Crippen LogP contribution in [0, 0.1) is 5.82 Å². The van der Waals surface area contributed by atoms with Crippen molar-refractivity contribution in [2.75, 3.05) is 33.3 Å². The molecule has 0 saturated carbocycles. The third-order valence-electron chi connectivity index (χ3n) is 5.71. The van der Waals surface area contributed by atoms with Crippen molar-refractivity contribution in [2.45, 2.75) is 6.42 Å². The molecule has 2 heterocycles. The Bertz CT molecular complexity index is 1280. The van der Waals surface area contributed by atoms with E-state index in [1.807, 2.05) is 0 Å². The van der Waals surface area contributed by atoms with Crippen LogP contribution in [0.4, 0.5) is 4.39 Å². The Balaban J connectivity index is 1.76. The lowest BCUT2D eigenvalue weighted by atomic mass is 9.98. The van der Waals surface area contributed by atoms with Gasteiger partial charge in [0.1, 0.15) is 16.9 Å². The van der Waals surface area contributed by atoms with Crippen LogP contribution in [0.25, 0.3) is 10.9 Å². The molecule has 1 aliphatic rings. The zero-order valence-electron chi connectivity index (χ0n) is 18.2. The van der Waals surface area contributed by atoms with Crippen LogP contribution in [0.2, 0.25) is 0 Å². The van der Waals surface area contributed by atoms with E-state index in [0.29, 0.717) is 11.8 Å². The number of phenolic OH excluding ortho intramolecular Hbond substituents is 1. The zero-order chi connectivity index (χ0) is 24.4. The highest BCUT2D eigenvalue weighted by molar-refractivity contribution is 7.76. The van der Waals surface area contributed by atoms with Gasteiger partial charge < -0.3 is 14.7 Å². The Hall–Kier alpha value is -3.41. The summed E-state index contributed by atoms with van der Waals surface area (Å²) in [6.07, 6.45) is 1.94. The van der Waals surface area contributed by atoms with Crippen LogP contribution < -0.4 is 0 Å². The molecule has 9 nitrogen and oxygen atoms in total. The van der Waals surface area contributed by atoms with Gasteiger partial charge in [0, 0.05) is 37.8 Å². The molecule has 2 aromatic carbocycles. The highest BCUT2D eigenvalue weighted by atomic mass is 32.2. The summed E-state index contributed by atoms with van der Waals surface area (Å²) < 4.78 is 39.9. The monoisotopic (exact) mass is 487 g/mol. The van der Waals surface area contributed by atoms with Gasteiger partial charge in [-0.25, -0.2) is 13.4 Å². The summed E-state index contributed by atoms with van der Waals surface area (Å²) >= 11 is -2.12. The fourth-order valence-electron chi connectivity index (χ4n) is 3.91. The van der Waals surface area contributed by atoms with E-state index in [0.717, 1.165) is 11.1 Å². The van der Waals surface area contributed by atoms with Crippen molar-refractivity contribution in [2.24, 2.45) is 0 Å². The first-order valence-electron chi connectivity index (χ1n) is 10.4. The number of halogens is 1. The predicted octanol–water partition coefficient (Wildman–Crippen LogP) is 2.35. The maximum atomic E-state index is 13.4. The van der Waals surface area contributed by atoms with E-state index in [4.69, 9.17) is 4.74 Å². The van der Waals surface area contributed by atoms with Crippen LogP contribution >= 0.6 is 0 Å². The van der Waals surface area contributed by atoms with Gasteiger partial charge in [-0.05, 0) is 41.8 Å². The van der Waals surface area contributed by atoms with Crippen LogP contribution in [-0.2, 0) is 22.4 Å². The van der Waals surface area contributed by atoms with Crippen LogP contribution in [0.15, 0.2) is 42.6 Å². The molecular weight excluding hydrogens is 465 g/mol. The number of carbonyl (C=O) groups excluding carboxylic acids is 2. The number of aromatic nitrogens is 1. The Kier molecular flexibility index (Phi) is 6.87. The van der Waals surface area contributed by atoms with Crippen LogP contribution in [0.3, 0.4) is 0 Å². The highest BCUT2D eigenvalue weighted by Gasteiger charge is 2.28. The van der Waals surface area contributed by atoms with Gasteiger partial charge in [0.2, 0.25) is 11.3 Å². The SMILES string of the molecule is COC(=O)c1cc(C(=O)N2CCN(S(=O)O)CC2)c2cc(Cc3ccc(F)cc3)cnc2c1O. The fourth-order valence-corrected chi connectivity index (χ4v) is 4.39. The Morgan fingerprint density at radius 2 is 1.76 bits per heavy atom. The number of hydrogen-bond acceptors (Lipinski definition) is 6. The van der Waals surface area contributed by atoms with Crippen molar-refractivity contribution in [1.29, 1.82) is 0 Å². The van der Waals surface area contributed by atoms with E-state index in [9.17, 15) is 27.8 Å². The molecule has 1 saturated heterocycles. The number of phenols is 1. The number of nitrogens with zero attached hydrogens (tertiary/aromatic N) is 3. The number of aromatic hydroxyl groups is 1. The average Bonchev–Trinajstić information content (AvgIpc) is 2.85. The summed E-state index contributed by atoms with van der Waals surface area (Å²) in [5.74, 6) is -1.96. The van der Waals surface area contributed by atoms with E-state index in [1.165, 1.54) is 40.7 Å². The first kappa shape index (κ1) is 23.7. The van der Waals surface area contributed by atoms with Crippen molar-refractivity contribution < 1.29 is 32.6 Å². The van der Waals surface area contributed by atoms with E-state index >= 15 is 0 Å². The van der Waals surface area contributed by atoms with E-state index in [-0.39, 0.29) is 48.6 Å². The van der Waals surface area contributed by atoms with Gasteiger partial charge in [0.15, 0.2) is 5.75 Å². The zero-order valence-corrected chi connectivity index (χ0v) is 19.0. The summed E-state index contributed by atoms with van der Waals surface area (Å²) in [5, 5.41) is 11.0. The molecule has 34 heavy (non-hydrogen) atoms. The number of hydrogen-bond donors (Lipinski definition) is 2. The number of carbonyl (C=O) groups is 2. The Morgan fingerprint density at radius 3 is 2.38 bits per heavy atom. The van der Waals surface area contributed by atoms with Gasteiger partial charge in [-0.2, -0.15) is 4.31 Å². The van der Waals surface area contributed by atoms with Crippen molar-refractivity contribution in [3.63, 3.8) is 0 Å². The van der Waals surface area contributed by atoms with Gasteiger partial charge in [0.25, 0.3) is 5.91 Å². The molecule has 11 heteroatoms. The van der Waals surface area contributed by atoms with Crippen molar-refractivity contribution >= 4 is 34.0 Å². The second-order valence-electron chi connectivity index (χ2n) is 7.81. The quantitative estimate of drug-likeness (QED) is 0.419. The molecular formula is C23H22FN3O6S. The molecule has 0 bridgehead atoms. The second kappa shape index (κ2) is 9.84. The number of rotatable bonds is 5. The van der Waals surface area contributed by atoms with Crippen LogP contribution in [0.5, 0.6) is 5.75 Å². The molecule has 1 aromatic heterocycles. The summed E-state index contributed by atoms with van der Waals surface area (Å²) in [7, 11) is 1.17. The van der Waals surface area contributed by atoms with Gasteiger partial charge in [-0.15, -0.1) is 0 Å². The summed E-state index contributed by atoms with van der Waals surface area (Å²) in [6, 6.07) is 8.99. The minimum absolute atomic E-state index is 0.0733. The smallest absolute Gasteiger partial charge is 0.341 e. The van der Waals surface area contributed by atoms with Gasteiger partial charge >= 0.3 is 5.97 Å². The molecule has 2 N–H and O–H groups in total. The van der Waals surface area contributed by atoms with E-state index in [2.05, 4.69) is 4.98 Å². The third-order valence-corrected chi connectivity index (χ3v) is 6.51. The number of esters is 1. The first-order chi connectivity index (χ1) is 16.3. The Labute approximate surface area is 197 Å². The second-order valence-corrected chi connectivity index (χ2v) is 8.78. The third kappa shape index (κ3) is 4.76. The van der Waals surface area contributed by atoms with Crippen LogP contribution in [0.1, 0.15) is 31.8 Å². The number of pyridine rings is 1. The van der Waals surface area contributed by atoms with Gasteiger partial charge in [-0.1, -0.05) is 12.1 Å². The average molecular weight is 488 g/mol. The number of fused-ring (bicyclic) bond motifs is 1. The molecule has 0 spiro atoms. The van der Waals surface area contributed by atoms with Crippen LogP contribution in [-0.4, -0.2) is 73.2 Å². The standard InChI is InChI=1S/C23H22FN3O6S/c1-33-23(30)19-12-18(22(29)26-6-8-27(9-7-26)34(31)32)17-11-15(13-25-20(17)21(19)28)10-14-2-4-16(24)5-3-14/h2-5,11-13,28H,6-10H2,1H3,(H,31,32).